The maximum Gasteiger partial charge on any atom is 0.164 e. The van der Waals surface area contributed by atoms with Gasteiger partial charge in [-0.1, -0.05) is 147 Å². The van der Waals surface area contributed by atoms with E-state index in [2.05, 4.69) is 134 Å². The first kappa shape index (κ1) is 37.9. The average Bonchev–Trinajstić information content (AvgIpc) is 3.92. The van der Waals surface area contributed by atoms with E-state index in [1.807, 2.05) is 72.8 Å². The van der Waals surface area contributed by atoms with Crippen LogP contribution in [-0.2, 0) is 0 Å². The normalized spacial score (nSPS) is 17.8. The highest BCUT2D eigenvalue weighted by Crippen LogP contribution is 2.64. The number of fused-ring (bicyclic) bond motifs is 8. The second-order valence-electron chi connectivity index (χ2n) is 18.8. The maximum absolute atomic E-state index is 6.55. The second kappa shape index (κ2) is 14.7. The fourth-order valence-corrected chi connectivity index (χ4v) is 11.5. The summed E-state index contributed by atoms with van der Waals surface area (Å²) in [5, 5.41) is 4.45. The summed E-state index contributed by atoms with van der Waals surface area (Å²) < 4.78 is 8.96. The molecule has 0 aliphatic heterocycles. The maximum atomic E-state index is 6.55. The third kappa shape index (κ3) is 6.17. The third-order valence-electron chi connectivity index (χ3n) is 15.1. The van der Waals surface area contributed by atoms with Crippen LogP contribution in [0.25, 0.3) is 106 Å². The molecule has 3 fully saturated rings. The molecule has 0 spiro atoms. The number of nitrogens with zero attached hydrogens (tertiary/aromatic N) is 4. The van der Waals surface area contributed by atoms with Crippen molar-refractivity contribution in [2.75, 3.05) is 0 Å². The molecule has 5 heteroatoms. The van der Waals surface area contributed by atoms with Gasteiger partial charge in [0.05, 0.1) is 11.0 Å². The molecule has 8 aromatic carbocycles. The van der Waals surface area contributed by atoms with Gasteiger partial charge in [-0.2, -0.15) is 0 Å². The van der Waals surface area contributed by atoms with Gasteiger partial charge in [-0.25, -0.2) is 15.0 Å². The largest absolute Gasteiger partial charge is 0.456 e. The number of para-hydroxylation sites is 1. The van der Waals surface area contributed by atoms with Crippen molar-refractivity contribution in [3.63, 3.8) is 0 Å². The van der Waals surface area contributed by atoms with Gasteiger partial charge in [-0.05, 0) is 125 Å². The molecule has 2 bridgehead atoms. The van der Waals surface area contributed by atoms with Gasteiger partial charge in [0.1, 0.15) is 11.2 Å². The molecule has 3 aliphatic rings. The zero-order valence-corrected chi connectivity index (χ0v) is 36.4. The van der Waals surface area contributed by atoms with Gasteiger partial charge in [0, 0.05) is 43.9 Å². The molecule has 3 heterocycles. The molecule has 5 nitrogen and oxygen atoms in total. The Balaban J connectivity index is 0.935. The summed E-state index contributed by atoms with van der Waals surface area (Å²) in [6, 6.07) is 67.1. The highest BCUT2D eigenvalue weighted by atomic mass is 16.3. The fourth-order valence-electron chi connectivity index (χ4n) is 11.5. The van der Waals surface area contributed by atoms with Crippen molar-refractivity contribution < 1.29 is 4.42 Å². The Morgan fingerprint density at radius 1 is 0.477 bits per heavy atom. The van der Waals surface area contributed by atoms with Gasteiger partial charge in [0.25, 0.3) is 0 Å². The van der Waals surface area contributed by atoms with E-state index in [9.17, 15) is 0 Å². The smallest absolute Gasteiger partial charge is 0.164 e. The van der Waals surface area contributed by atoms with E-state index in [1.165, 1.54) is 57.8 Å². The highest BCUT2D eigenvalue weighted by molar-refractivity contribution is 6.14. The van der Waals surface area contributed by atoms with Crippen molar-refractivity contribution in [1.29, 1.82) is 0 Å². The lowest BCUT2D eigenvalue weighted by Gasteiger charge is -2.60. The molecule has 0 radical (unpaired) electrons. The minimum absolute atomic E-state index is 0.467. The van der Waals surface area contributed by atoms with E-state index < -0.39 is 0 Å². The lowest BCUT2D eigenvalue weighted by Crippen LogP contribution is -2.51. The monoisotopic (exact) mass is 838 g/mol. The summed E-state index contributed by atoms with van der Waals surface area (Å²) in [4.78, 5) is 15.2. The van der Waals surface area contributed by atoms with Crippen molar-refractivity contribution in [1.82, 2.24) is 19.5 Å². The Labute approximate surface area is 378 Å². The Morgan fingerprint density at radius 2 is 1.03 bits per heavy atom. The predicted octanol–water partition coefficient (Wildman–Crippen LogP) is 15.7. The summed E-state index contributed by atoms with van der Waals surface area (Å²) in [5.74, 6) is 4.24. The average molecular weight is 839 g/mol. The zero-order chi connectivity index (χ0) is 43.2. The van der Waals surface area contributed by atoms with Crippen LogP contribution in [0.4, 0.5) is 0 Å². The summed E-state index contributed by atoms with van der Waals surface area (Å²) in [6.45, 7) is 4.99. The number of aromatic nitrogens is 4. The summed E-state index contributed by atoms with van der Waals surface area (Å²) in [7, 11) is 0. The van der Waals surface area contributed by atoms with Crippen LogP contribution in [0.3, 0.4) is 0 Å². The number of hydrogen-bond donors (Lipinski definition) is 0. The molecule has 0 N–H and O–H groups in total. The Bertz CT molecular complexity index is 3550. The van der Waals surface area contributed by atoms with Crippen LogP contribution < -0.4 is 0 Å². The van der Waals surface area contributed by atoms with Crippen LogP contribution in [0.1, 0.15) is 44.6 Å². The first-order valence-corrected chi connectivity index (χ1v) is 23.0. The summed E-state index contributed by atoms with van der Waals surface area (Å²) in [6.07, 6.45) is 4.07. The highest BCUT2D eigenvalue weighted by Gasteiger charge is 2.54. The second-order valence-corrected chi connectivity index (χ2v) is 18.8. The van der Waals surface area contributed by atoms with Crippen molar-refractivity contribution in [2.24, 2.45) is 17.3 Å². The molecule has 312 valence electrons. The Morgan fingerprint density at radius 3 is 1.65 bits per heavy atom. The number of rotatable bonds is 7. The van der Waals surface area contributed by atoms with Crippen LogP contribution in [0.2, 0.25) is 0 Å². The first-order valence-electron chi connectivity index (χ1n) is 23.0. The topological polar surface area (TPSA) is 56.7 Å². The van der Waals surface area contributed by atoms with Crippen LogP contribution in [0.5, 0.6) is 0 Å². The molecule has 3 aliphatic carbocycles. The van der Waals surface area contributed by atoms with E-state index in [-0.39, 0.29) is 0 Å². The standard InChI is InChI=1S/C60H46N4O/c1-60(2)44-28-29-46(51(60)36-44)38-23-21-37(22-24-38)41-25-30-52-48(33-41)49-34-42(26-31-53(49)64(52)45-17-10-5-11-18-45)43-27-32-54-50(35-43)56-47(19-12-20-55(56)65-54)59-62-57(39-13-6-3-7-14-39)61-58(63-59)40-15-8-4-9-16-40/h3-27,30-35,44,46,51H,28-29,36H2,1-2H3. The van der Waals surface area contributed by atoms with Gasteiger partial charge in [0.2, 0.25) is 0 Å². The van der Waals surface area contributed by atoms with Crippen molar-refractivity contribution in [3.8, 4) is 62.1 Å². The van der Waals surface area contributed by atoms with E-state index in [1.54, 1.807) is 0 Å². The number of furan rings is 1. The van der Waals surface area contributed by atoms with Crippen LogP contribution in [0, 0.1) is 17.3 Å². The van der Waals surface area contributed by atoms with E-state index >= 15 is 0 Å². The molecule has 3 atom stereocenters. The molecule has 3 unspecified atom stereocenters. The van der Waals surface area contributed by atoms with E-state index in [4.69, 9.17) is 19.4 Å². The number of hydrogen-bond acceptors (Lipinski definition) is 4. The quantitative estimate of drug-likeness (QED) is 0.160. The SMILES string of the molecule is CC1(C)C2CCC(c3ccc(-c4ccc5c(c4)c4cc(-c6ccc7oc8cccc(-c9nc(-c%10ccccc%10)nc(-c%10ccccc%10)n9)c8c7c6)ccc4n5-c4ccccc4)cc3)C1C2. The minimum Gasteiger partial charge on any atom is -0.456 e. The molecular weight excluding hydrogens is 793 g/mol. The van der Waals surface area contributed by atoms with Crippen LogP contribution >= 0.6 is 0 Å². The van der Waals surface area contributed by atoms with Crippen molar-refractivity contribution >= 4 is 43.7 Å². The summed E-state index contributed by atoms with van der Waals surface area (Å²) >= 11 is 0. The van der Waals surface area contributed by atoms with Gasteiger partial charge in [0.15, 0.2) is 17.5 Å². The molecule has 11 aromatic rings. The lowest BCUT2D eigenvalue weighted by atomic mass is 9.45. The van der Waals surface area contributed by atoms with Crippen molar-refractivity contribution in [3.05, 3.63) is 194 Å². The van der Waals surface area contributed by atoms with Crippen LogP contribution in [-0.4, -0.2) is 19.5 Å². The van der Waals surface area contributed by atoms with Crippen molar-refractivity contribution in [2.45, 2.75) is 39.0 Å². The third-order valence-corrected chi connectivity index (χ3v) is 15.1. The van der Waals surface area contributed by atoms with Gasteiger partial charge < -0.3 is 8.98 Å². The molecule has 0 amide bonds. The molecule has 0 saturated heterocycles. The van der Waals surface area contributed by atoms with Gasteiger partial charge in [-0.15, -0.1) is 0 Å². The lowest BCUT2D eigenvalue weighted by molar-refractivity contribution is -0.0805. The minimum atomic E-state index is 0.467. The molecule has 3 aromatic heterocycles. The fraction of sp³-hybridized carbons (Fsp3) is 0.150. The molecule has 14 rings (SSSR count). The van der Waals surface area contributed by atoms with E-state index in [0.29, 0.717) is 28.8 Å². The molecular formula is C60H46N4O. The predicted molar refractivity (Wildman–Crippen MR) is 266 cm³/mol. The van der Waals surface area contributed by atoms with Gasteiger partial charge >= 0.3 is 0 Å². The molecule has 3 saturated carbocycles. The summed E-state index contributed by atoms with van der Waals surface area (Å²) in [5.41, 5.74) is 14.6. The first-order chi connectivity index (χ1) is 31.9. The zero-order valence-electron chi connectivity index (χ0n) is 36.4. The van der Waals surface area contributed by atoms with Crippen LogP contribution in [0.15, 0.2) is 192 Å². The van der Waals surface area contributed by atoms with Gasteiger partial charge in [-0.3, -0.25) is 0 Å². The van der Waals surface area contributed by atoms with E-state index in [0.717, 1.165) is 67.3 Å². The Hall–Kier alpha value is -7.63. The Kier molecular flexibility index (Phi) is 8.58. The number of benzene rings is 8. The molecule has 65 heavy (non-hydrogen) atoms.